The fourth-order valence-electron chi connectivity index (χ4n) is 0.916. The number of carbonyl (C=O) groups excluding carboxylic acids is 1. The number of rotatable bonds is 2. The monoisotopic (exact) mass is 258 g/mol. The second-order valence-electron chi connectivity index (χ2n) is 2.53. The van der Waals surface area contributed by atoms with Crippen molar-refractivity contribution in [3.8, 4) is 0 Å². The molecular weight excluding hydrogens is 244 g/mol. The predicted molar refractivity (Wildman–Crippen MR) is 61.1 cm³/mol. The number of benzene rings is 1. The smallest absolute Gasteiger partial charge is 0.162 e. The summed E-state index contributed by atoms with van der Waals surface area (Å²) in [6, 6.07) is 7.13. The van der Waals surface area contributed by atoms with Gasteiger partial charge in [-0.2, -0.15) is 0 Å². The maximum Gasteiger partial charge on any atom is 0.162 e. The van der Waals surface area contributed by atoms with E-state index in [1.165, 1.54) is 6.92 Å². The second kappa shape index (κ2) is 6.74. The van der Waals surface area contributed by atoms with Gasteiger partial charge in [-0.1, -0.05) is 48.0 Å². The number of Topliss-reactive ketones (excluding diaryl/α,β-unsaturated/α-hetero) is 1. The number of hydrogen-bond acceptors (Lipinski definition) is 2. The van der Waals surface area contributed by atoms with Gasteiger partial charge >= 0.3 is 0 Å². The molecule has 3 heteroatoms. The van der Waals surface area contributed by atoms with Crippen LogP contribution >= 0.6 is 15.9 Å². The maximum atomic E-state index is 10.8. The van der Waals surface area contributed by atoms with Crippen LogP contribution in [0, 0.1) is 0 Å². The van der Waals surface area contributed by atoms with E-state index in [0.29, 0.717) is 5.56 Å². The summed E-state index contributed by atoms with van der Waals surface area (Å²) in [5.74, 6) is -0.248. The molecule has 0 amide bonds. The van der Waals surface area contributed by atoms with Gasteiger partial charge in [0.1, 0.15) is 6.10 Å². The van der Waals surface area contributed by atoms with Crippen LogP contribution in [0.2, 0.25) is 0 Å². The highest BCUT2D eigenvalue weighted by Gasteiger charge is 2.14. The van der Waals surface area contributed by atoms with Crippen LogP contribution in [-0.4, -0.2) is 10.9 Å². The third kappa shape index (κ3) is 3.60. The lowest BCUT2D eigenvalue weighted by Crippen LogP contribution is -2.07. The molecule has 0 bridgehead atoms. The molecule has 0 radical (unpaired) electrons. The summed E-state index contributed by atoms with van der Waals surface area (Å²) in [4.78, 5) is 10.8. The first-order valence-electron chi connectivity index (χ1n) is 4.56. The van der Waals surface area contributed by atoms with Gasteiger partial charge in [0.2, 0.25) is 0 Å². The third-order valence-electron chi connectivity index (χ3n) is 1.58. The molecule has 1 unspecified atom stereocenters. The fraction of sp³-hybridized carbons (Fsp3) is 0.364. The zero-order chi connectivity index (χ0) is 11.1. The normalized spacial score (nSPS) is 11.2. The van der Waals surface area contributed by atoms with Gasteiger partial charge in [-0.3, -0.25) is 4.79 Å². The van der Waals surface area contributed by atoms with Crippen LogP contribution in [0.5, 0.6) is 0 Å². The van der Waals surface area contributed by atoms with E-state index in [-0.39, 0.29) is 5.78 Å². The average molecular weight is 259 g/mol. The Morgan fingerprint density at radius 2 is 1.86 bits per heavy atom. The Bertz CT molecular complexity index is 297. The Balaban J connectivity index is 0.000000791. The van der Waals surface area contributed by atoms with Crippen LogP contribution in [-0.2, 0) is 4.79 Å². The largest absolute Gasteiger partial charge is 0.381 e. The van der Waals surface area contributed by atoms with Gasteiger partial charge in [0.05, 0.1) is 0 Å². The van der Waals surface area contributed by atoms with Crippen molar-refractivity contribution in [1.82, 2.24) is 0 Å². The maximum absolute atomic E-state index is 10.8. The quantitative estimate of drug-likeness (QED) is 0.886. The summed E-state index contributed by atoms with van der Waals surface area (Å²) >= 11 is 3.25. The van der Waals surface area contributed by atoms with Crippen molar-refractivity contribution in [2.45, 2.75) is 26.9 Å². The van der Waals surface area contributed by atoms with E-state index in [0.717, 1.165) is 4.47 Å². The van der Waals surface area contributed by atoms with Gasteiger partial charge < -0.3 is 5.11 Å². The number of aliphatic hydroxyl groups excluding tert-OH is 1. The van der Waals surface area contributed by atoms with Crippen LogP contribution in [0.1, 0.15) is 32.4 Å². The van der Waals surface area contributed by atoms with Crippen molar-refractivity contribution in [3.63, 3.8) is 0 Å². The van der Waals surface area contributed by atoms with E-state index >= 15 is 0 Å². The minimum Gasteiger partial charge on any atom is -0.381 e. The number of halogens is 1. The number of ketones is 1. The molecule has 2 nitrogen and oxygen atoms in total. The first-order valence-corrected chi connectivity index (χ1v) is 5.35. The molecule has 0 saturated heterocycles. The number of carbonyl (C=O) groups is 1. The van der Waals surface area contributed by atoms with Crippen LogP contribution in [0.25, 0.3) is 0 Å². The molecule has 78 valence electrons. The van der Waals surface area contributed by atoms with E-state index < -0.39 is 6.10 Å². The minimum atomic E-state index is -1.01. The Morgan fingerprint density at radius 3 is 2.29 bits per heavy atom. The van der Waals surface area contributed by atoms with Crippen molar-refractivity contribution >= 4 is 21.7 Å². The predicted octanol–water partition coefficient (Wildman–Crippen LogP) is 3.10. The molecule has 0 fully saturated rings. The van der Waals surface area contributed by atoms with Gasteiger partial charge in [-0.15, -0.1) is 0 Å². The van der Waals surface area contributed by atoms with E-state index in [2.05, 4.69) is 15.9 Å². The van der Waals surface area contributed by atoms with Gasteiger partial charge in [0.25, 0.3) is 0 Å². The standard InChI is InChI=1S/C9H9BrO2.C2H6/c1-6(11)9(12)7-4-2-3-5-8(7)10;1-2/h2-5,9,12H,1H3;1-2H3. The SMILES string of the molecule is CC.CC(=O)C(O)c1ccccc1Br. The summed E-state index contributed by atoms with van der Waals surface area (Å²) < 4.78 is 0.757. The molecule has 1 N–H and O–H groups in total. The van der Waals surface area contributed by atoms with Gasteiger partial charge in [-0.25, -0.2) is 0 Å². The summed E-state index contributed by atoms with van der Waals surface area (Å²) in [5.41, 5.74) is 0.616. The van der Waals surface area contributed by atoms with E-state index in [1.807, 2.05) is 19.9 Å². The molecule has 0 aliphatic heterocycles. The lowest BCUT2D eigenvalue weighted by Gasteiger charge is -2.08. The molecule has 0 spiro atoms. The lowest BCUT2D eigenvalue weighted by molar-refractivity contribution is -0.125. The second-order valence-corrected chi connectivity index (χ2v) is 3.39. The van der Waals surface area contributed by atoms with Crippen LogP contribution < -0.4 is 0 Å². The van der Waals surface area contributed by atoms with Crippen molar-refractivity contribution in [2.24, 2.45) is 0 Å². The van der Waals surface area contributed by atoms with Crippen LogP contribution in [0.4, 0.5) is 0 Å². The minimum absolute atomic E-state index is 0.248. The lowest BCUT2D eigenvalue weighted by atomic mass is 10.1. The van der Waals surface area contributed by atoms with Gasteiger partial charge in [-0.05, 0) is 13.0 Å². The first-order chi connectivity index (χ1) is 6.63. The third-order valence-corrected chi connectivity index (χ3v) is 2.31. The Labute approximate surface area is 93.1 Å². The van der Waals surface area contributed by atoms with E-state index in [1.54, 1.807) is 18.2 Å². The highest BCUT2D eigenvalue weighted by Crippen LogP contribution is 2.23. The summed E-state index contributed by atoms with van der Waals surface area (Å²) in [6.07, 6.45) is -1.01. The molecule has 0 saturated carbocycles. The molecule has 14 heavy (non-hydrogen) atoms. The molecular formula is C11H15BrO2. The molecule has 0 aliphatic rings. The summed E-state index contributed by atoms with van der Waals surface area (Å²) in [7, 11) is 0. The number of hydrogen-bond donors (Lipinski definition) is 1. The summed E-state index contributed by atoms with van der Waals surface area (Å²) in [6.45, 7) is 5.37. The van der Waals surface area contributed by atoms with Crippen molar-refractivity contribution in [3.05, 3.63) is 34.3 Å². The zero-order valence-corrected chi connectivity index (χ0v) is 10.2. The molecule has 1 rings (SSSR count). The van der Waals surface area contributed by atoms with Crippen molar-refractivity contribution in [1.29, 1.82) is 0 Å². The Kier molecular flexibility index (Phi) is 6.41. The van der Waals surface area contributed by atoms with Gasteiger partial charge in [0.15, 0.2) is 5.78 Å². The number of aliphatic hydroxyl groups is 1. The van der Waals surface area contributed by atoms with E-state index in [9.17, 15) is 9.90 Å². The van der Waals surface area contributed by atoms with Crippen LogP contribution in [0.3, 0.4) is 0 Å². The molecule has 0 aromatic heterocycles. The first kappa shape index (κ1) is 13.3. The Morgan fingerprint density at radius 1 is 1.36 bits per heavy atom. The molecule has 1 aromatic rings. The molecule has 1 atom stereocenters. The summed E-state index contributed by atoms with van der Waals surface area (Å²) in [5, 5.41) is 9.40. The van der Waals surface area contributed by atoms with Gasteiger partial charge in [0, 0.05) is 10.0 Å². The molecule has 1 aromatic carbocycles. The highest BCUT2D eigenvalue weighted by molar-refractivity contribution is 9.10. The zero-order valence-electron chi connectivity index (χ0n) is 8.62. The fourth-order valence-corrected chi connectivity index (χ4v) is 1.42. The van der Waals surface area contributed by atoms with Crippen molar-refractivity contribution < 1.29 is 9.90 Å². The van der Waals surface area contributed by atoms with Crippen molar-refractivity contribution in [2.75, 3.05) is 0 Å². The molecule has 0 aliphatic carbocycles. The van der Waals surface area contributed by atoms with E-state index in [4.69, 9.17) is 0 Å². The van der Waals surface area contributed by atoms with Crippen LogP contribution in [0.15, 0.2) is 28.7 Å². The topological polar surface area (TPSA) is 37.3 Å². The average Bonchev–Trinajstić information content (AvgIpc) is 2.20. The Hall–Kier alpha value is -0.670. The highest BCUT2D eigenvalue weighted by atomic mass is 79.9. The molecule has 0 heterocycles.